The highest BCUT2D eigenvalue weighted by atomic mass is 35.5. The van der Waals surface area contributed by atoms with Crippen LogP contribution in [0.3, 0.4) is 0 Å². The molecule has 0 spiro atoms. The van der Waals surface area contributed by atoms with Gasteiger partial charge in [-0.05, 0) is 18.1 Å². The van der Waals surface area contributed by atoms with Gasteiger partial charge in [0.05, 0.1) is 16.4 Å². The monoisotopic (exact) mass is 281 g/mol. The molecule has 0 radical (unpaired) electrons. The van der Waals surface area contributed by atoms with Crippen LogP contribution in [0, 0.1) is 5.82 Å². The fourth-order valence-corrected chi connectivity index (χ4v) is 2.26. The van der Waals surface area contributed by atoms with Crippen LogP contribution in [0.25, 0.3) is 0 Å². The summed E-state index contributed by atoms with van der Waals surface area (Å²) in [4.78, 5) is 0. The van der Waals surface area contributed by atoms with Crippen LogP contribution < -0.4 is 5.32 Å². The van der Waals surface area contributed by atoms with E-state index in [-0.39, 0.29) is 5.82 Å². The van der Waals surface area contributed by atoms with Crippen molar-refractivity contribution < 1.29 is 4.39 Å². The molecule has 5 heteroatoms. The molecule has 0 bridgehead atoms. The zero-order valence-corrected chi connectivity index (χ0v) is 12.0. The minimum Gasteiger partial charge on any atom is -0.377 e. The van der Waals surface area contributed by atoms with Crippen molar-refractivity contribution in [3.63, 3.8) is 0 Å². The van der Waals surface area contributed by atoms with Gasteiger partial charge in [-0.1, -0.05) is 31.5 Å². The fraction of sp³-hybridized carbons (Fsp3) is 0.357. The molecule has 0 saturated heterocycles. The zero-order chi connectivity index (χ0) is 14.0. The van der Waals surface area contributed by atoms with Gasteiger partial charge in [-0.3, -0.25) is 4.68 Å². The summed E-state index contributed by atoms with van der Waals surface area (Å²) in [5.41, 5.74) is 2.40. The second kappa shape index (κ2) is 5.61. The molecule has 1 aromatic carbocycles. The summed E-state index contributed by atoms with van der Waals surface area (Å²) >= 11 is 5.98. The molecule has 0 amide bonds. The average Bonchev–Trinajstić information content (AvgIpc) is 2.70. The summed E-state index contributed by atoms with van der Waals surface area (Å²) in [5.74, 6) is -0.0171. The standard InChI is InChI=1S/C14H17ClFN3/c1-9(2)13-10(8-19(3)18-13)7-17-14-11(15)5-4-6-12(14)16/h4-6,8-9,17H,7H2,1-3H3. The van der Waals surface area contributed by atoms with Crippen molar-refractivity contribution in [2.45, 2.75) is 26.3 Å². The number of benzene rings is 1. The normalized spacial score (nSPS) is 11.1. The Kier molecular flexibility index (Phi) is 4.10. The van der Waals surface area contributed by atoms with Crippen molar-refractivity contribution in [3.8, 4) is 0 Å². The third-order valence-corrected chi connectivity index (χ3v) is 3.22. The molecule has 0 atom stereocenters. The van der Waals surface area contributed by atoms with Crippen molar-refractivity contribution in [1.82, 2.24) is 9.78 Å². The molecule has 0 aliphatic rings. The summed E-state index contributed by atoms with van der Waals surface area (Å²) in [5, 5.41) is 7.85. The van der Waals surface area contributed by atoms with E-state index >= 15 is 0 Å². The summed E-state index contributed by atoms with van der Waals surface area (Å²) in [6.07, 6.45) is 1.94. The maximum absolute atomic E-state index is 13.6. The Balaban J connectivity index is 2.19. The maximum atomic E-state index is 13.6. The average molecular weight is 282 g/mol. The lowest BCUT2D eigenvalue weighted by atomic mass is 10.1. The van der Waals surface area contributed by atoms with Crippen molar-refractivity contribution in [3.05, 3.63) is 46.5 Å². The van der Waals surface area contributed by atoms with E-state index in [2.05, 4.69) is 24.3 Å². The number of halogens is 2. The predicted octanol–water partition coefficient (Wildman–Crippen LogP) is 3.95. The first-order chi connectivity index (χ1) is 8.99. The van der Waals surface area contributed by atoms with Crippen LogP contribution in [0.15, 0.2) is 24.4 Å². The molecule has 0 unspecified atom stereocenters. The number of aromatic nitrogens is 2. The molecule has 1 N–H and O–H groups in total. The van der Waals surface area contributed by atoms with Gasteiger partial charge in [-0.15, -0.1) is 0 Å². The lowest BCUT2D eigenvalue weighted by Crippen LogP contribution is -2.04. The van der Waals surface area contributed by atoms with Gasteiger partial charge in [0.1, 0.15) is 5.82 Å². The van der Waals surface area contributed by atoms with Crippen molar-refractivity contribution >= 4 is 17.3 Å². The fourth-order valence-electron chi connectivity index (χ4n) is 2.03. The number of aryl methyl sites for hydroxylation is 1. The van der Waals surface area contributed by atoms with E-state index in [0.29, 0.717) is 23.2 Å². The first-order valence-electron chi connectivity index (χ1n) is 6.19. The zero-order valence-electron chi connectivity index (χ0n) is 11.2. The van der Waals surface area contributed by atoms with Gasteiger partial charge in [0.25, 0.3) is 0 Å². The van der Waals surface area contributed by atoms with Crippen LogP contribution >= 0.6 is 11.6 Å². The van der Waals surface area contributed by atoms with Crippen molar-refractivity contribution in [2.24, 2.45) is 7.05 Å². The van der Waals surface area contributed by atoms with Crippen LogP contribution in [-0.4, -0.2) is 9.78 Å². The van der Waals surface area contributed by atoms with Crippen molar-refractivity contribution in [2.75, 3.05) is 5.32 Å². The molecule has 0 aliphatic carbocycles. The minimum absolute atomic E-state index is 0.328. The highest BCUT2D eigenvalue weighted by Crippen LogP contribution is 2.26. The third-order valence-electron chi connectivity index (χ3n) is 2.90. The summed E-state index contributed by atoms with van der Waals surface area (Å²) < 4.78 is 15.4. The second-order valence-corrected chi connectivity index (χ2v) is 5.23. The molecule has 0 fully saturated rings. The number of para-hydroxylation sites is 1. The Morgan fingerprint density at radius 1 is 1.42 bits per heavy atom. The van der Waals surface area contributed by atoms with Gasteiger partial charge in [0.15, 0.2) is 0 Å². The maximum Gasteiger partial charge on any atom is 0.147 e. The summed E-state index contributed by atoms with van der Waals surface area (Å²) in [6.45, 7) is 4.67. The van der Waals surface area contributed by atoms with Crippen LogP contribution in [0.4, 0.5) is 10.1 Å². The van der Waals surface area contributed by atoms with Gasteiger partial charge in [0, 0.05) is 25.4 Å². The second-order valence-electron chi connectivity index (χ2n) is 4.82. The number of nitrogens with one attached hydrogen (secondary N) is 1. The Morgan fingerprint density at radius 2 is 2.16 bits per heavy atom. The Hall–Kier alpha value is -1.55. The Labute approximate surface area is 117 Å². The number of hydrogen-bond donors (Lipinski definition) is 1. The number of hydrogen-bond acceptors (Lipinski definition) is 2. The lowest BCUT2D eigenvalue weighted by molar-refractivity contribution is 0.630. The van der Waals surface area contributed by atoms with E-state index in [1.54, 1.807) is 16.8 Å². The van der Waals surface area contributed by atoms with E-state index in [0.717, 1.165) is 11.3 Å². The molecule has 19 heavy (non-hydrogen) atoms. The molecule has 3 nitrogen and oxygen atoms in total. The van der Waals surface area contributed by atoms with Gasteiger partial charge < -0.3 is 5.32 Å². The smallest absolute Gasteiger partial charge is 0.147 e. The summed E-state index contributed by atoms with van der Waals surface area (Å²) in [6, 6.07) is 4.65. The highest BCUT2D eigenvalue weighted by Gasteiger charge is 2.12. The predicted molar refractivity (Wildman–Crippen MR) is 76.0 cm³/mol. The molecule has 102 valence electrons. The van der Waals surface area contributed by atoms with Crippen molar-refractivity contribution in [1.29, 1.82) is 0 Å². The van der Waals surface area contributed by atoms with Crippen LogP contribution in [0.1, 0.15) is 31.0 Å². The van der Waals surface area contributed by atoms with Gasteiger partial charge in [-0.25, -0.2) is 4.39 Å². The lowest BCUT2D eigenvalue weighted by Gasteiger charge is -2.10. The topological polar surface area (TPSA) is 29.9 Å². The third kappa shape index (κ3) is 3.07. The molecule has 0 saturated carbocycles. The van der Waals surface area contributed by atoms with Gasteiger partial charge in [0.2, 0.25) is 0 Å². The first kappa shape index (κ1) is 13.9. The van der Waals surface area contributed by atoms with E-state index in [4.69, 9.17) is 11.6 Å². The highest BCUT2D eigenvalue weighted by molar-refractivity contribution is 6.33. The minimum atomic E-state index is -0.345. The molecule has 1 heterocycles. The van der Waals surface area contributed by atoms with Gasteiger partial charge in [-0.2, -0.15) is 5.10 Å². The largest absolute Gasteiger partial charge is 0.377 e. The van der Waals surface area contributed by atoms with E-state index < -0.39 is 0 Å². The van der Waals surface area contributed by atoms with Gasteiger partial charge >= 0.3 is 0 Å². The first-order valence-corrected chi connectivity index (χ1v) is 6.57. The molecule has 0 aliphatic heterocycles. The van der Waals surface area contributed by atoms with E-state index in [1.165, 1.54) is 6.07 Å². The molecule has 1 aromatic heterocycles. The number of nitrogens with zero attached hydrogens (tertiary/aromatic N) is 2. The number of rotatable bonds is 4. The van der Waals surface area contributed by atoms with Crippen LogP contribution in [-0.2, 0) is 13.6 Å². The summed E-state index contributed by atoms with van der Waals surface area (Å²) in [7, 11) is 1.88. The van der Waals surface area contributed by atoms with E-state index in [1.807, 2.05) is 13.2 Å². The Morgan fingerprint density at radius 3 is 2.79 bits per heavy atom. The molecule has 2 rings (SSSR count). The molecular weight excluding hydrogens is 265 g/mol. The number of anilines is 1. The molecule has 2 aromatic rings. The van der Waals surface area contributed by atoms with E-state index in [9.17, 15) is 4.39 Å². The van der Waals surface area contributed by atoms with Crippen LogP contribution in [0.2, 0.25) is 5.02 Å². The molecular formula is C14H17ClFN3. The quantitative estimate of drug-likeness (QED) is 0.920. The Bertz CT molecular complexity index is 558. The van der Waals surface area contributed by atoms with Crippen LogP contribution in [0.5, 0.6) is 0 Å². The SMILES string of the molecule is CC(C)c1nn(C)cc1CNc1c(F)cccc1Cl.